The van der Waals surface area contributed by atoms with E-state index in [0.29, 0.717) is 6.54 Å². The van der Waals surface area contributed by atoms with Crippen LogP contribution in [-0.2, 0) is 13.0 Å². The molecule has 0 bridgehead atoms. The minimum Gasteiger partial charge on any atom is -0.392 e. The van der Waals surface area contributed by atoms with Crippen molar-refractivity contribution < 1.29 is 5.11 Å². The van der Waals surface area contributed by atoms with Crippen molar-refractivity contribution in [1.29, 1.82) is 0 Å². The lowest BCUT2D eigenvalue weighted by Crippen LogP contribution is -2.26. The molecule has 0 amide bonds. The normalized spacial score (nSPS) is 12.3. The second-order valence-electron chi connectivity index (χ2n) is 4.79. The van der Waals surface area contributed by atoms with Crippen LogP contribution in [0.5, 0.6) is 0 Å². The zero-order chi connectivity index (χ0) is 13.3. The molecule has 0 fully saturated rings. The van der Waals surface area contributed by atoms with E-state index >= 15 is 0 Å². The van der Waals surface area contributed by atoms with Crippen LogP contribution in [0.1, 0.15) is 17.5 Å². The standard InChI is InChI=1S/C17H21NO/c19-17(12-11-15-7-3-1-4-8-15)14-18-13-16-9-5-2-6-10-16/h1-10,17-19H,11-14H2/t17-/m1/s1. The fourth-order valence-corrected chi connectivity index (χ4v) is 2.06. The predicted octanol–water partition coefficient (Wildman–Crippen LogP) is 2.77. The van der Waals surface area contributed by atoms with E-state index < -0.39 is 0 Å². The van der Waals surface area contributed by atoms with Crippen LogP contribution < -0.4 is 5.32 Å². The maximum Gasteiger partial charge on any atom is 0.0667 e. The van der Waals surface area contributed by atoms with Crippen molar-refractivity contribution in [2.24, 2.45) is 0 Å². The first-order valence-corrected chi connectivity index (χ1v) is 6.81. The highest BCUT2D eigenvalue weighted by Gasteiger charge is 2.04. The van der Waals surface area contributed by atoms with Gasteiger partial charge in [0.05, 0.1) is 6.10 Å². The lowest BCUT2D eigenvalue weighted by atomic mass is 10.1. The molecule has 0 saturated carbocycles. The van der Waals surface area contributed by atoms with Crippen molar-refractivity contribution in [3.05, 3.63) is 71.8 Å². The third-order valence-electron chi connectivity index (χ3n) is 3.16. The van der Waals surface area contributed by atoms with E-state index in [1.807, 2.05) is 36.4 Å². The van der Waals surface area contributed by atoms with E-state index in [9.17, 15) is 5.11 Å². The molecule has 0 radical (unpaired) electrons. The van der Waals surface area contributed by atoms with Crippen LogP contribution in [0.25, 0.3) is 0 Å². The van der Waals surface area contributed by atoms with Crippen molar-refractivity contribution in [1.82, 2.24) is 5.32 Å². The van der Waals surface area contributed by atoms with E-state index in [-0.39, 0.29) is 6.10 Å². The molecule has 0 aliphatic heterocycles. The highest BCUT2D eigenvalue weighted by atomic mass is 16.3. The summed E-state index contributed by atoms with van der Waals surface area (Å²) in [5.41, 5.74) is 2.53. The molecule has 0 aromatic heterocycles. The first-order valence-electron chi connectivity index (χ1n) is 6.81. The number of aliphatic hydroxyl groups is 1. The van der Waals surface area contributed by atoms with Gasteiger partial charge < -0.3 is 10.4 Å². The Balaban J connectivity index is 1.64. The molecule has 0 heterocycles. The summed E-state index contributed by atoms with van der Waals surface area (Å²) < 4.78 is 0. The Morgan fingerprint density at radius 1 is 0.842 bits per heavy atom. The van der Waals surface area contributed by atoms with Gasteiger partial charge in [-0.25, -0.2) is 0 Å². The second-order valence-corrected chi connectivity index (χ2v) is 4.79. The zero-order valence-corrected chi connectivity index (χ0v) is 11.1. The van der Waals surface area contributed by atoms with Gasteiger partial charge in [-0.2, -0.15) is 0 Å². The highest BCUT2D eigenvalue weighted by molar-refractivity contribution is 5.15. The monoisotopic (exact) mass is 255 g/mol. The van der Waals surface area contributed by atoms with Crippen LogP contribution >= 0.6 is 0 Å². The molecule has 1 atom stereocenters. The number of rotatable bonds is 7. The first-order chi connectivity index (χ1) is 9.34. The molecule has 2 aromatic carbocycles. The third kappa shape index (κ3) is 5.25. The van der Waals surface area contributed by atoms with Gasteiger partial charge >= 0.3 is 0 Å². The summed E-state index contributed by atoms with van der Waals surface area (Å²) >= 11 is 0. The van der Waals surface area contributed by atoms with Crippen molar-refractivity contribution >= 4 is 0 Å². The summed E-state index contributed by atoms with van der Waals surface area (Å²) in [6.07, 6.45) is 1.44. The van der Waals surface area contributed by atoms with Crippen molar-refractivity contribution in [3.63, 3.8) is 0 Å². The van der Waals surface area contributed by atoms with Gasteiger partial charge in [0.15, 0.2) is 0 Å². The second kappa shape index (κ2) is 7.72. The smallest absolute Gasteiger partial charge is 0.0667 e. The molecule has 0 saturated heterocycles. The Morgan fingerprint density at radius 2 is 1.42 bits per heavy atom. The lowest BCUT2D eigenvalue weighted by Gasteiger charge is -2.12. The quantitative estimate of drug-likeness (QED) is 0.797. The van der Waals surface area contributed by atoms with Crippen LogP contribution in [-0.4, -0.2) is 17.8 Å². The number of hydrogen-bond donors (Lipinski definition) is 2. The van der Waals surface area contributed by atoms with Gasteiger partial charge in [0.2, 0.25) is 0 Å². The molecule has 2 N–H and O–H groups in total. The fourth-order valence-electron chi connectivity index (χ4n) is 2.06. The Morgan fingerprint density at radius 3 is 2.05 bits per heavy atom. The van der Waals surface area contributed by atoms with Gasteiger partial charge in [0.1, 0.15) is 0 Å². The Hall–Kier alpha value is -1.64. The molecule has 2 rings (SSSR count). The van der Waals surface area contributed by atoms with E-state index in [2.05, 4.69) is 29.6 Å². The number of aliphatic hydroxyl groups excluding tert-OH is 1. The Kier molecular flexibility index (Phi) is 5.60. The molecule has 0 unspecified atom stereocenters. The summed E-state index contributed by atoms with van der Waals surface area (Å²) in [6.45, 7) is 1.45. The van der Waals surface area contributed by atoms with Gasteiger partial charge in [-0.05, 0) is 24.0 Å². The largest absolute Gasteiger partial charge is 0.392 e. The molecule has 19 heavy (non-hydrogen) atoms. The topological polar surface area (TPSA) is 32.3 Å². The van der Waals surface area contributed by atoms with Gasteiger partial charge in [-0.1, -0.05) is 60.7 Å². The minimum absolute atomic E-state index is 0.288. The van der Waals surface area contributed by atoms with Crippen molar-refractivity contribution in [3.8, 4) is 0 Å². The summed E-state index contributed by atoms with van der Waals surface area (Å²) in [5, 5.41) is 13.2. The summed E-state index contributed by atoms with van der Waals surface area (Å²) in [5.74, 6) is 0. The molecular weight excluding hydrogens is 234 g/mol. The fraction of sp³-hybridized carbons (Fsp3) is 0.294. The maximum atomic E-state index is 9.93. The van der Waals surface area contributed by atoms with E-state index in [1.54, 1.807) is 0 Å². The Bertz CT molecular complexity index is 455. The molecule has 0 aliphatic carbocycles. The number of hydrogen-bond acceptors (Lipinski definition) is 2. The van der Waals surface area contributed by atoms with Gasteiger partial charge in [0, 0.05) is 13.1 Å². The van der Waals surface area contributed by atoms with Gasteiger partial charge in [-0.3, -0.25) is 0 Å². The summed E-state index contributed by atoms with van der Waals surface area (Å²) in [6, 6.07) is 20.5. The van der Waals surface area contributed by atoms with E-state index in [4.69, 9.17) is 0 Å². The van der Waals surface area contributed by atoms with Crippen molar-refractivity contribution in [2.45, 2.75) is 25.5 Å². The van der Waals surface area contributed by atoms with Crippen LogP contribution in [0.15, 0.2) is 60.7 Å². The lowest BCUT2D eigenvalue weighted by molar-refractivity contribution is 0.161. The number of nitrogens with one attached hydrogen (secondary N) is 1. The minimum atomic E-state index is -0.288. The average Bonchev–Trinajstić information content (AvgIpc) is 2.47. The van der Waals surface area contributed by atoms with Crippen LogP contribution in [0.2, 0.25) is 0 Å². The SMILES string of the molecule is O[C@H](CCc1ccccc1)CNCc1ccccc1. The molecule has 2 nitrogen and oxygen atoms in total. The van der Waals surface area contributed by atoms with Gasteiger partial charge in [-0.15, -0.1) is 0 Å². The van der Waals surface area contributed by atoms with Crippen molar-refractivity contribution in [2.75, 3.05) is 6.54 Å². The Labute approximate surface area is 115 Å². The number of aryl methyl sites for hydroxylation is 1. The molecule has 0 aliphatic rings. The molecule has 100 valence electrons. The summed E-state index contributed by atoms with van der Waals surface area (Å²) in [4.78, 5) is 0. The van der Waals surface area contributed by atoms with Crippen LogP contribution in [0.4, 0.5) is 0 Å². The number of benzene rings is 2. The molecule has 2 heteroatoms. The third-order valence-corrected chi connectivity index (χ3v) is 3.16. The summed E-state index contributed by atoms with van der Waals surface area (Å²) in [7, 11) is 0. The predicted molar refractivity (Wildman–Crippen MR) is 78.9 cm³/mol. The van der Waals surface area contributed by atoms with E-state index in [1.165, 1.54) is 11.1 Å². The average molecular weight is 255 g/mol. The highest BCUT2D eigenvalue weighted by Crippen LogP contribution is 2.05. The van der Waals surface area contributed by atoms with Crippen LogP contribution in [0, 0.1) is 0 Å². The first kappa shape index (κ1) is 13.8. The van der Waals surface area contributed by atoms with Gasteiger partial charge in [0.25, 0.3) is 0 Å². The molecule has 2 aromatic rings. The molecule has 0 spiro atoms. The maximum absolute atomic E-state index is 9.93. The molecular formula is C17H21NO. The zero-order valence-electron chi connectivity index (χ0n) is 11.1. The van der Waals surface area contributed by atoms with Crippen LogP contribution in [0.3, 0.4) is 0 Å². The van der Waals surface area contributed by atoms with E-state index in [0.717, 1.165) is 19.4 Å².